The highest BCUT2D eigenvalue weighted by Crippen LogP contribution is 2.21. The molecule has 118 valence electrons. The monoisotopic (exact) mass is 302 g/mol. The molecule has 0 atom stereocenters. The molecule has 1 rings (SSSR count). The van der Waals surface area contributed by atoms with E-state index in [1.54, 1.807) is 23.1 Å². The van der Waals surface area contributed by atoms with Gasteiger partial charge >= 0.3 is 12.6 Å². The van der Waals surface area contributed by atoms with Crippen molar-refractivity contribution in [1.82, 2.24) is 9.80 Å². The lowest BCUT2D eigenvalue weighted by Gasteiger charge is -2.23. The van der Waals surface area contributed by atoms with Crippen LogP contribution in [0.4, 0.5) is 8.78 Å². The minimum atomic E-state index is -2.90. The van der Waals surface area contributed by atoms with Crippen molar-refractivity contribution >= 4 is 5.97 Å². The Morgan fingerprint density at radius 3 is 2.52 bits per heavy atom. The average Bonchev–Trinajstić information content (AvgIpc) is 2.37. The fraction of sp³-hybridized carbons (Fsp3) is 0.500. The van der Waals surface area contributed by atoms with Gasteiger partial charge in [0.1, 0.15) is 5.75 Å². The third-order valence-corrected chi connectivity index (χ3v) is 2.80. The Morgan fingerprint density at radius 2 is 1.95 bits per heavy atom. The second-order valence-corrected chi connectivity index (χ2v) is 4.89. The van der Waals surface area contributed by atoms with Gasteiger partial charge in [-0.3, -0.25) is 9.69 Å². The number of alkyl halides is 2. The van der Waals surface area contributed by atoms with Crippen molar-refractivity contribution < 1.29 is 23.4 Å². The van der Waals surface area contributed by atoms with Crippen LogP contribution in [0.15, 0.2) is 24.3 Å². The summed E-state index contributed by atoms with van der Waals surface area (Å²) in [5.74, 6) is -0.881. The number of carboxylic acids is 1. The summed E-state index contributed by atoms with van der Waals surface area (Å²) < 4.78 is 29.2. The molecule has 0 heterocycles. The summed E-state index contributed by atoms with van der Waals surface area (Å²) in [6.45, 7) is -1.63. The molecule has 0 aliphatic carbocycles. The number of para-hydroxylation sites is 1. The molecule has 1 N–H and O–H groups in total. The summed E-state index contributed by atoms with van der Waals surface area (Å²) in [5.41, 5.74) is 0.540. The Kier molecular flexibility index (Phi) is 7.04. The lowest BCUT2D eigenvalue weighted by atomic mass is 10.2. The molecule has 0 bridgehead atoms. The number of halogens is 2. The summed E-state index contributed by atoms with van der Waals surface area (Å²) in [4.78, 5) is 14.5. The second-order valence-electron chi connectivity index (χ2n) is 4.89. The Balaban J connectivity index is 2.79. The molecular formula is C14H20F2N2O3. The van der Waals surface area contributed by atoms with Crippen molar-refractivity contribution in [3.8, 4) is 5.75 Å². The second kappa shape index (κ2) is 8.53. The zero-order valence-electron chi connectivity index (χ0n) is 12.1. The minimum Gasteiger partial charge on any atom is -0.480 e. The zero-order valence-corrected chi connectivity index (χ0v) is 12.1. The van der Waals surface area contributed by atoms with Gasteiger partial charge in [0.2, 0.25) is 0 Å². The maximum atomic E-state index is 12.4. The van der Waals surface area contributed by atoms with Crippen LogP contribution in [-0.4, -0.2) is 61.2 Å². The fourth-order valence-corrected chi connectivity index (χ4v) is 1.83. The van der Waals surface area contributed by atoms with Crippen LogP contribution in [0.5, 0.6) is 5.75 Å². The van der Waals surface area contributed by atoms with Gasteiger partial charge in [0.15, 0.2) is 0 Å². The molecule has 0 spiro atoms. The number of aliphatic carboxylic acids is 1. The number of rotatable bonds is 9. The molecule has 1 aromatic rings. The predicted octanol–water partition coefficient (Wildman–Crippen LogP) is 1.74. The van der Waals surface area contributed by atoms with Gasteiger partial charge in [-0.15, -0.1) is 0 Å². The number of hydrogen-bond acceptors (Lipinski definition) is 4. The first-order valence-electron chi connectivity index (χ1n) is 6.50. The number of carbonyl (C=O) groups is 1. The minimum absolute atomic E-state index is 0.0766. The quantitative estimate of drug-likeness (QED) is 0.753. The highest BCUT2D eigenvalue weighted by atomic mass is 19.3. The molecule has 0 amide bonds. The fourth-order valence-electron chi connectivity index (χ4n) is 1.83. The summed E-state index contributed by atoms with van der Waals surface area (Å²) in [5, 5.41) is 8.94. The van der Waals surface area contributed by atoms with E-state index in [9.17, 15) is 13.6 Å². The van der Waals surface area contributed by atoms with Crippen molar-refractivity contribution in [2.24, 2.45) is 0 Å². The van der Waals surface area contributed by atoms with E-state index in [1.165, 1.54) is 6.07 Å². The molecule has 21 heavy (non-hydrogen) atoms. The van der Waals surface area contributed by atoms with Gasteiger partial charge in [0, 0.05) is 25.2 Å². The number of ether oxygens (including phenoxy) is 1. The van der Waals surface area contributed by atoms with Crippen LogP contribution in [0, 0.1) is 0 Å². The predicted molar refractivity (Wildman–Crippen MR) is 74.5 cm³/mol. The Bertz CT molecular complexity index is 456. The number of carboxylic acid groups (broad SMARTS) is 1. The van der Waals surface area contributed by atoms with E-state index in [4.69, 9.17) is 5.11 Å². The number of benzene rings is 1. The molecule has 0 unspecified atom stereocenters. The van der Waals surface area contributed by atoms with E-state index in [2.05, 4.69) is 4.74 Å². The van der Waals surface area contributed by atoms with E-state index < -0.39 is 12.6 Å². The van der Waals surface area contributed by atoms with Crippen LogP contribution in [0.25, 0.3) is 0 Å². The first-order chi connectivity index (χ1) is 9.88. The van der Waals surface area contributed by atoms with Gasteiger partial charge < -0.3 is 14.7 Å². The molecular weight excluding hydrogens is 282 g/mol. The average molecular weight is 302 g/mol. The molecule has 0 aliphatic heterocycles. The van der Waals surface area contributed by atoms with E-state index in [0.717, 1.165) is 0 Å². The molecule has 5 nitrogen and oxygen atoms in total. The topological polar surface area (TPSA) is 53.0 Å². The Labute approximate surface area is 122 Å². The molecule has 0 saturated heterocycles. The van der Waals surface area contributed by atoms with Gasteiger partial charge in [-0.1, -0.05) is 18.2 Å². The van der Waals surface area contributed by atoms with Crippen molar-refractivity contribution in [3.63, 3.8) is 0 Å². The third kappa shape index (κ3) is 7.01. The normalized spacial score (nSPS) is 11.4. The number of likely N-dealkylation sites (N-methyl/N-ethyl adjacent to an activating group) is 1. The highest BCUT2D eigenvalue weighted by molar-refractivity contribution is 5.69. The molecule has 0 radical (unpaired) electrons. The molecule has 0 fully saturated rings. The molecule has 0 aromatic heterocycles. The number of hydrogen-bond donors (Lipinski definition) is 1. The Hall–Kier alpha value is -1.73. The summed E-state index contributed by atoms with van der Waals surface area (Å²) in [7, 11) is 3.76. The molecule has 1 aromatic carbocycles. The largest absolute Gasteiger partial charge is 0.480 e. The van der Waals surface area contributed by atoms with Gasteiger partial charge in [-0.2, -0.15) is 8.78 Å². The van der Waals surface area contributed by atoms with Gasteiger partial charge in [0.05, 0.1) is 6.54 Å². The molecule has 0 aliphatic rings. The van der Waals surface area contributed by atoms with Crippen molar-refractivity contribution in [1.29, 1.82) is 0 Å². The summed E-state index contributed by atoms with van der Waals surface area (Å²) in [6.07, 6.45) is 0. The van der Waals surface area contributed by atoms with Gasteiger partial charge in [-0.25, -0.2) is 0 Å². The standard InChI is InChI=1S/C14H20F2N2O3/c1-17(2)7-8-18(10-13(19)20)9-11-5-3-4-6-12(11)21-14(15)16/h3-6,14H,7-10H2,1-2H3,(H,19,20). The van der Waals surface area contributed by atoms with E-state index in [-0.39, 0.29) is 18.8 Å². The van der Waals surface area contributed by atoms with Gasteiger partial charge in [0.25, 0.3) is 0 Å². The maximum absolute atomic E-state index is 12.4. The van der Waals surface area contributed by atoms with E-state index in [1.807, 2.05) is 19.0 Å². The lowest BCUT2D eigenvalue weighted by Crippen LogP contribution is -2.35. The third-order valence-electron chi connectivity index (χ3n) is 2.80. The van der Waals surface area contributed by atoms with E-state index in [0.29, 0.717) is 18.7 Å². The summed E-state index contributed by atoms with van der Waals surface area (Å²) >= 11 is 0. The van der Waals surface area contributed by atoms with Crippen LogP contribution in [-0.2, 0) is 11.3 Å². The lowest BCUT2D eigenvalue weighted by molar-refractivity contribution is -0.138. The smallest absolute Gasteiger partial charge is 0.387 e. The summed E-state index contributed by atoms with van der Waals surface area (Å²) in [6, 6.07) is 6.41. The van der Waals surface area contributed by atoms with Crippen LogP contribution in [0.1, 0.15) is 5.56 Å². The van der Waals surface area contributed by atoms with Gasteiger partial charge in [-0.05, 0) is 20.2 Å². The van der Waals surface area contributed by atoms with Crippen molar-refractivity contribution in [3.05, 3.63) is 29.8 Å². The first-order valence-corrected chi connectivity index (χ1v) is 6.50. The maximum Gasteiger partial charge on any atom is 0.387 e. The molecule has 7 heteroatoms. The van der Waals surface area contributed by atoms with Crippen LogP contribution in [0.3, 0.4) is 0 Å². The SMILES string of the molecule is CN(C)CCN(CC(=O)O)Cc1ccccc1OC(F)F. The number of nitrogens with zero attached hydrogens (tertiary/aromatic N) is 2. The van der Waals surface area contributed by atoms with Crippen LogP contribution >= 0.6 is 0 Å². The van der Waals surface area contributed by atoms with E-state index >= 15 is 0 Å². The highest BCUT2D eigenvalue weighted by Gasteiger charge is 2.15. The first kappa shape index (κ1) is 17.3. The van der Waals surface area contributed by atoms with Crippen LogP contribution < -0.4 is 4.74 Å². The zero-order chi connectivity index (χ0) is 15.8. The Morgan fingerprint density at radius 1 is 1.29 bits per heavy atom. The van der Waals surface area contributed by atoms with Crippen molar-refractivity contribution in [2.75, 3.05) is 33.7 Å². The molecule has 0 saturated carbocycles. The van der Waals surface area contributed by atoms with Crippen molar-refractivity contribution in [2.45, 2.75) is 13.2 Å². The van der Waals surface area contributed by atoms with Crippen LogP contribution in [0.2, 0.25) is 0 Å².